The van der Waals surface area contributed by atoms with Crippen molar-refractivity contribution in [1.82, 2.24) is 4.98 Å². The summed E-state index contributed by atoms with van der Waals surface area (Å²) in [6.45, 7) is 0. The highest BCUT2D eigenvalue weighted by Crippen LogP contribution is 2.45. The summed E-state index contributed by atoms with van der Waals surface area (Å²) in [5.41, 5.74) is 1.75. The molecule has 1 aliphatic heterocycles. The van der Waals surface area contributed by atoms with E-state index in [2.05, 4.69) is 0 Å². The summed E-state index contributed by atoms with van der Waals surface area (Å²) in [6.07, 6.45) is 0. The normalized spacial score (nSPS) is 14.9. The van der Waals surface area contributed by atoms with Gasteiger partial charge in [-0.3, -0.25) is 14.5 Å². The summed E-state index contributed by atoms with van der Waals surface area (Å²) in [4.78, 5) is 33.8. The van der Waals surface area contributed by atoms with Gasteiger partial charge in [0.1, 0.15) is 11.3 Å². The number of carbonyl (C=O) groups is 1. The molecule has 0 radical (unpaired) electrons. The lowest BCUT2D eigenvalue weighted by atomic mass is 9.98. The van der Waals surface area contributed by atoms with Gasteiger partial charge in [0.2, 0.25) is 5.76 Å². The summed E-state index contributed by atoms with van der Waals surface area (Å²) in [6, 6.07) is 17.0. The van der Waals surface area contributed by atoms with E-state index >= 15 is 0 Å². The molecule has 8 nitrogen and oxygen atoms in total. The van der Waals surface area contributed by atoms with Gasteiger partial charge in [-0.2, -0.15) is 0 Å². The van der Waals surface area contributed by atoms with E-state index in [-0.39, 0.29) is 16.8 Å². The first-order chi connectivity index (χ1) is 17.5. The molecule has 9 heteroatoms. The van der Waals surface area contributed by atoms with Crippen LogP contribution in [0.3, 0.4) is 0 Å². The number of rotatable bonds is 5. The monoisotopic (exact) mass is 500 g/mol. The number of thiazole rings is 1. The van der Waals surface area contributed by atoms with E-state index in [0.29, 0.717) is 38.9 Å². The van der Waals surface area contributed by atoms with Crippen LogP contribution in [0.4, 0.5) is 5.13 Å². The first-order valence-corrected chi connectivity index (χ1v) is 11.9. The van der Waals surface area contributed by atoms with E-state index in [4.69, 9.17) is 23.6 Å². The standard InChI is InChI=1S/C27H20N2O6S/c1-32-15-9-10-17-21(13-15)36-27(28-17)29-23(14-8-11-19(33-2)20(12-14)34-3)22-24(30)16-6-4-5-7-18(16)35-25(22)26(29)31/h4-13,23H,1-3H3/t23-/m1/s1. The van der Waals surface area contributed by atoms with E-state index in [9.17, 15) is 9.59 Å². The number of amides is 1. The SMILES string of the molecule is COc1ccc2nc(N3C(=O)c4oc5ccccc5c(=O)c4[C@H]3c3ccc(OC)c(OC)c3)sc2c1. The number of aromatic nitrogens is 1. The van der Waals surface area contributed by atoms with Crippen molar-refractivity contribution in [2.24, 2.45) is 0 Å². The van der Waals surface area contributed by atoms with Crippen LogP contribution in [-0.4, -0.2) is 32.2 Å². The molecule has 0 saturated carbocycles. The highest BCUT2D eigenvalue weighted by atomic mass is 32.1. The van der Waals surface area contributed by atoms with Crippen LogP contribution in [0.5, 0.6) is 17.2 Å². The van der Waals surface area contributed by atoms with E-state index in [1.165, 1.54) is 23.3 Å². The maximum Gasteiger partial charge on any atom is 0.297 e. The van der Waals surface area contributed by atoms with Gasteiger partial charge >= 0.3 is 0 Å². The van der Waals surface area contributed by atoms with Crippen LogP contribution in [0.15, 0.2) is 69.9 Å². The average molecular weight is 501 g/mol. The Morgan fingerprint density at radius 1 is 0.917 bits per heavy atom. The Labute approximate surface area is 209 Å². The van der Waals surface area contributed by atoms with Crippen molar-refractivity contribution < 1.29 is 23.4 Å². The molecule has 3 aromatic carbocycles. The highest BCUT2D eigenvalue weighted by molar-refractivity contribution is 7.22. The fourth-order valence-electron chi connectivity index (χ4n) is 4.58. The molecule has 0 aliphatic carbocycles. The van der Waals surface area contributed by atoms with Gasteiger partial charge < -0.3 is 18.6 Å². The molecule has 0 bridgehead atoms. The third-order valence-electron chi connectivity index (χ3n) is 6.29. The minimum absolute atomic E-state index is 0.00956. The van der Waals surface area contributed by atoms with E-state index in [1.807, 2.05) is 24.3 Å². The molecular formula is C27H20N2O6S. The maximum atomic E-state index is 13.8. The van der Waals surface area contributed by atoms with E-state index < -0.39 is 11.9 Å². The van der Waals surface area contributed by atoms with Crippen LogP contribution in [0.2, 0.25) is 0 Å². The number of hydrogen-bond acceptors (Lipinski definition) is 8. The topological polar surface area (TPSA) is 91.1 Å². The van der Waals surface area contributed by atoms with Gasteiger partial charge in [-0.05, 0) is 48.0 Å². The quantitative estimate of drug-likeness (QED) is 0.328. The molecule has 0 fully saturated rings. The Bertz CT molecular complexity index is 1720. The molecule has 0 unspecified atom stereocenters. The highest BCUT2D eigenvalue weighted by Gasteiger charge is 2.45. The molecule has 36 heavy (non-hydrogen) atoms. The van der Waals surface area contributed by atoms with Crippen LogP contribution >= 0.6 is 11.3 Å². The van der Waals surface area contributed by atoms with Crippen molar-refractivity contribution in [3.8, 4) is 17.2 Å². The number of benzene rings is 3. The van der Waals surface area contributed by atoms with Crippen LogP contribution in [-0.2, 0) is 0 Å². The lowest BCUT2D eigenvalue weighted by molar-refractivity contribution is 0.0971. The molecule has 1 amide bonds. The minimum Gasteiger partial charge on any atom is -0.497 e. The molecule has 0 spiro atoms. The largest absolute Gasteiger partial charge is 0.497 e. The van der Waals surface area contributed by atoms with Crippen LogP contribution < -0.4 is 24.5 Å². The van der Waals surface area contributed by atoms with Crippen LogP contribution in [0.1, 0.15) is 27.7 Å². The Morgan fingerprint density at radius 2 is 1.72 bits per heavy atom. The molecule has 0 N–H and O–H groups in total. The van der Waals surface area contributed by atoms with Crippen molar-refractivity contribution in [1.29, 1.82) is 0 Å². The van der Waals surface area contributed by atoms with Crippen molar-refractivity contribution in [2.45, 2.75) is 6.04 Å². The zero-order valence-electron chi connectivity index (χ0n) is 19.6. The lowest BCUT2D eigenvalue weighted by Gasteiger charge is -2.23. The fraction of sp³-hybridized carbons (Fsp3) is 0.148. The Morgan fingerprint density at radius 3 is 2.50 bits per heavy atom. The lowest BCUT2D eigenvalue weighted by Crippen LogP contribution is -2.29. The molecule has 3 heterocycles. The predicted octanol–water partition coefficient (Wildman–Crippen LogP) is 5.18. The second-order valence-electron chi connectivity index (χ2n) is 8.19. The number of hydrogen-bond donors (Lipinski definition) is 0. The predicted molar refractivity (Wildman–Crippen MR) is 137 cm³/mol. The van der Waals surface area contributed by atoms with Crippen molar-refractivity contribution in [3.63, 3.8) is 0 Å². The smallest absolute Gasteiger partial charge is 0.297 e. The first kappa shape index (κ1) is 22.1. The number of ether oxygens (including phenoxy) is 3. The molecule has 0 saturated heterocycles. The van der Waals surface area contributed by atoms with Crippen molar-refractivity contribution >= 4 is 43.6 Å². The van der Waals surface area contributed by atoms with Crippen molar-refractivity contribution in [3.05, 3.63) is 87.8 Å². The van der Waals surface area contributed by atoms with Gasteiger partial charge in [0.15, 0.2) is 22.1 Å². The van der Waals surface area contributed by atoms with Gasteiger partial charge in [0.05, 0.1) is 48.5 Å². The number of anilines is 1. The second-order valence-corrected chi connectivity index (χ2v) is 9.20. The summed E-state index contributed by atoms with van der Waals surface area (Å²) in [5, 5.41) is 0.850. The third-order valence-corrected chi connectivity index (χ3v) is 7.31. The molecule has 1 aliphatic rings. The maximum absolute atomic E-state index is 13.8. The first-order valence-electron chi connectivity index (χ1n) is 11.1. The summed E-state index contributed by atoms with van der Waals surface area (Å²) in [7, 11) is 4.68. The number of carbonyl (C=O) groups excluding carboxylic acids is 1. The molecule has 5 aromatic rings. The van der Waals surface area contributed by atoms with Crippen molar-refractivity contribution in [2.75, 3.05) is 26.2 Å². The average Bonchev–Trinajstić information content (AvgIpc) is 3.46. The van der Waals surface area contributed by atoms with Gasteiger partial charge in [-0.25, -0.2) is 4.98 Å². The Kier molecular flexibility index (Phi) is 5.15. The van der Waals surface area contributed by atoms with Gasteiger partial charge in [0.25, 0.3) is 5.91 Å². The second kappa shape index (κ2) is 8.39. The molecule has 6 rings (SSSR count). The summed E-state index contributed by atoms with van der Waals surface area (Å²) in [5.74, 6) is 1.28. The van der Waals surface area contributed by atoms with Crippen LogP contribution in [0, 0.1) is 0 Å². The zero-order valence-corrected chi connectivity index (χ0v) is 20.4. The van der Waals surface area contributed by atoms with E-state index in [1.54, 1.807) is 50.6 Å². The molecule has 1 atom stereocenters. The number of para-hydroxylation sites is 1. The van der Waals surface area contributed by atoms with Gasteiger partial charge in [-0.15, -0.1) is 0 Å². The summed E-state index contributed by atoms with van der Waals surface area (Å²) < 4.78 is 23.1. The van der Waals surface area contributed by atoms with E-state index in [0.717, 1.165) is 10.2 Å². The number of fused-ring (bicyclic) bond motifs is 3. The van der Waals surface area contributed by atoms with Gasteiger partial charge in [-0.1, -0.05) is 29.5 Å². The number of methoxy groups -OCH3 is 3. The Balaban J connectivity index is 1.62. The fourth-order valence-corrected chi connectivity index (χ4v) is 5.60. The summed E-state index contributed by atoms with van der Waals surface area (Å²) >= 11 is 1.34. The molecule has 180 valence electrons. The van der Waals surface area contributed by atoms with Gasteiger partial charge in [0, 0.05) is 0 Å². The molecule has 2 aromatic heterocycles. The molecular weight excluding hydrogens is 480 g/mol. The number of nitrogens with zero attached hydrogens (tertiary/aromatic N) is 2. The van der Waals surface area contributed by atoms with Crippen LogP contribution in [0.25, 0.3) is 21.2 Å². The Hall–Kier alpha value is -4.37. The zero-order chi connectivity index (χ0) is 25.0. The third kappa shape index (κ3) is 3.24. The minimum atomic E-state index is -0.768.